The molecule has 0 N–H and O–H groups in total. The van der Waals surface area contributed by atoms with Crippen LogP contribution in [0.3, 0.4) is 0 Å². The van der Waals surface area contributed by atoms with Crippen LogP contribution in [0, 0.1) is 12.7 Å². The summed E-state index contributed by atoms with van der Waals surface area (Å²) >= 11 is 10.8. The maximum atomic E-state index is 12.6. The van der Waals surface area contributed by atoms with Crippen molar-refractivity contribution in [2.75, 3.05) is 0 Å². The molecule has 0 aliphatic rings. The van der Waals surface area contributed by atoms with Crippen molar-refractivity contribution in [1.82, 2.24) is 0 Å². The van der Waals surface area contributed by atoms with Gasteiger partial charge in [0.25, 0.3) is 0 Å². The summed E-state index contributed by atoms with van der Waals surface area (Å²) in [6.07, 6.45) is 0. The Hall–Kier alpha value is -0.270. The van der Waals surface area contributed by atoms with Crippen LogP contribution in [0.5, 0.6) is 0 Å². The van der Waals surface area contributed by atoms with Gasteiger partial charge in [0.15, 0.2) is 5.82 Å². The molecular formula is C7H4Cl2F. The molecule has 1 aromatic rings. The van der Waals surface area contributed by atoms with Gasteiger partial charge in [0.05, 0.1) is 10.0 Å². The quantitative estimate of drug-likeness (QED) is 0.534. The van der Waals surface area contributed by atoms with Crippen molar-refractivity contribution in [2.24, 2.45) is 0 Å². The van der Waals surface area contributed by atoms with E-state index >= 15 is 0 Å². The lowest BCUT2D eigenvalue weighted by molar-refractivity contribution is 0.628. The molecule has 53 valence electrons. The second-order valence-corrected chi connectivity index (χ2v) is 2.69. The van der Waals surface area contributed by atoms with Gasteiger partial charge in [0.1, 0.15) is 0 Å². The summed E-state index contributed by atoms with van der Waals surface area (Å²) in [5.74, 6) is -0.587. The highest BCUT2D eigenvalue weighted by Crippen LogP contribution is 2.23. The van der Waals surface area contributed by atoms with E-state index in [9.17, 15) is 4.39 Å². The molecule has 0 spiro atoms. The Labute approximate surface area is 68.6 Å². The first kappa shape index (κ1) is 7.83. The van der Waals surface area contributed by atoms with Gasteiger partial charge in [-0.15, -0.1) is 0 Å². The molecule has 0 bridgehead atoms. The fourth-order valence-electron chi connectivity index (χ4n) is 0.608. The number of halogens is 3. The number of benzene rings is 1. The fourth-order valence-corrected chi connectivity index (χ4v) is 1.14. The lowest BCUT2D eigenvalue weighted by Crippen LogP contribution is -1.80. The van der Waals surface area contributed by atoms with Crippen LogP contribution in [-0.2, 0) is 0 Å². The number of hydrogen-bond acceptors (Lipinski definition) is 0. The standard InChI is InChI=1S/C7H4Cl2F/c1-4-2-5(8)7(10)6(9)3-4/h2-3H,1H2. The Morgan fingerprint density at radius 3 is 2.00 bits per heavy atom. The van der Waals surface area contributed by atoms with Crippen LogP contribution in [0.25, 0.3) is 0 Å². The van der Waals surface area contributed by atoms with Crippen LogP contribution in [0.4, 0.5) is 4.39 Å². The van der Waals surface area contributed by atoms with E-state index in [4.69, 9.17) is 23.2 Å². The summed E-state index contributed by atoms with van der Waals surface area (Å²) in [7, 11) is 0. The maximum absolute atomic E-state index is 12.6. The van der Waals surface area contributed by atoms with E-state index in [-0.39, 0.29) is 10.0 Å². The third-order valence-electron chi connectivity index (χ3n) is 1.04. The molecule has 0 aliphatic heterocycles. The lowest BCUT2D eigenvalue weighted by Gasteiger charge is -1.97. The van der Waals surface area contributed by atoms with Gasteiger partial charge in [-0.2, -0.15) is 0 Å². The minimum Gasteiger partial charge on any atom is -0.204 e. The average molecular weight is 178 g/mol. The van der Waals surface area contributed by atoms with Crippen molar-refractivity contribution in [2.45, 2.75) is 0 Å². The second-order valence-electron chi connectivity index (χ2n) is 1.87. The van der Waals surface area contributed by atoms with Crippen LogP contribution in [0.1, 0.15) is 5.56 Å². The summed E-state index contributed by atoms with van der Waals surface area (Å²) < 4.78 is 12.6. The first-order valence-electron chi connectivity index (χ1n) is 2.58. The third kappa shape index (κ3) is 1.41. The van der Waals surface area contributed by atoms with Gasteiger partial charge < -0.3 is 0 Å². The molecule has 1 rings (SSSR count). The molecule has 0 nitrogen and oxygen atoms in total. The van der Waals surface area contributed by atoms with Gasteiger partial charge >= 0.3 is 0 Å². The smallest absolute Gasteiger partial charge is 0.160 e. The van der Waals surface area contributed by atoms with E-state index in [0.29, 0.717) is 5.56 Å². The van der Waals surface area contributed by atoms with E-state index in [0.717, 1.165) is 0 Å². The molecule has 0 heterocycles. The van der Waals surface area contributed by atoms with E-state index in [2.05, 4.69) is 6.92 Å². The minimum absolute atomic E-state index is 0.0116. The van der Waals surface area contributed by atoms with Gasteiger partial charge in [-0.1, -0.05) is 23.2 Å². The lowest BCUT2D eigenvalue weighted by atomic mass is 10.2. The SMILES string of the molecule is [CH2]c1cc(Cl)c(F)c(Cl)c1. The Morgan fingerprint density at radius 2 is 1.60 bits per heavy atom. The predicted molar refractivity (Wildman–Crippen MR) is 40.9 cm³/mol. The Kier molecular flexibility index (Phi) is 2.17. The number of hydrogen-bond donors (Lipinski definition) is 0. The molecule has 0 aliphatic carbocycles. The Morgan fingerprint density at radius 1 is 1.20 bits per heavy atom. The largest absolute Gasteiger partial charge is 0.204 e. The van der Waals surface area contributed by atoms with E-state index < -0.39 is 5.82 Å². The van der Waals surface area contributed by atoms with Crippen molar-refractivity contribution in [1.29, 1.82) is 0 Å². The van der Waals surface area contributed by atoms with Crippen LogP contribution < -0.4 is 0 Å². The van der Waals surface area contributed by atoms with Crippen LogP contribution >= 0.6 is 23.2 Å². The summed E-state index contributed by atoms with van der Waals surface area (Å²) in [4.78, 5) is 0. The van der Waals surface area contributed by atoms with Crippen LogP contribution in [0.15, 0.2) is 12.1 Å². The zero-order valence-electron chi connectivity index (χ0n) is 5.00. The second kappa shape index (κ2) is 2.77. The van der Waals surface area contributed by atoms with E-state index in [1.54, 1.807) is 0 Å². The van der Waals surface area contributed by atoms with E-state index in [1.165, 1.54) is 12.1 Å². The zero-order chi connectivity index (χ0) is 7.72. The summed E-state index contributed by atoms with van der Waals surface area (Å²) in [5, 5.41) is 0.0231. The average Bonchev–Trinajstić information content (AvgIpc) is 1.82. The van der Waals surface area contributed by atoms with Crippen molar-refractivity contribution in [3.05, 3.63) is 40.5 Å². The predicted octanol–water partition coefficient (Wildman–Crippen LogP) is 3.31. The first-order chi connectivity index (χ1) is 4.61. The van der Waals surface area contributed by atoms with Crippen LogP contribution in [-0.4, -0.2) is 0 Å². The Bertz CT molecular complexity index is 235. The molecule has 1 aromatic carbocycles. The van der Waals surface area contributed by atoms with Gasteiger partial charge in [0, 0.05) is 0 Å². The highest BCUT2D eigenvalue weighted by molar-refractivity contribution is 6.35. The van der Waals surface area contributed by atoms with Crippen molar-refractivity contribution >= 4 is 23.2 Å². The zero-order valence-corrected chi connectivity index (χ0v) is 6.51. The number of rotatable bonds is 0. The molecule has 10 heavy (non-hydrogen) atoms. The monoisotopic (exact) mass is 177 g/mol. The molecule has 0 fully saturated rings. The molecule has 0 saturated heterocycles. The van der Waals surface area contributed by atoms with E-state index in [1.807, 2.05) is 0 Å². The summed E-state index contributed by atoms with van der Waals surface area (Å²) in [5.41, 5.74) is 0.608. The molecule has 0 amide bonds. The molecule has 0 saturated carbocycles. The highest BCUT2D eigenvalue weighted by atomic mass is 35.5. The topological polar surface area (TPSA) is 0 Å². The highest BCUT2D eigenvalue weighted by Gasteiger charge is 2.04. The molecule has 1 radical (unpaired) electrons. The molecule has 0 atom stereocenters. The molecule has 0 aromatic heterocycles. The van der Waals surface area contributed by atoms with Gasteiger partial charge in [-0.3, -0.25) is 0 Å². The first-order valence-corrected chi connectivity index (χ1v) is 3.33. The van der Waals surface area contributed by atoms with Crippen molar-refractivity contribution in [3.8, 4) is 0 Å². The normalized spacial score (nSPS) is 10.0. The molecular weight excluding hydrogens is 174 g/mol. The molecule has 3 heteroatoms. The maximum Gasteiger partial charge on any atom is 0.160 e. The van der Waals surface area contributed by atoms with Crippen LogP contribution in [0.2, 0.25) is 10.0 Å². The third-order valence-corrected chi connectivity index (χ3v) is 1.59. The fraction of sp³-hybridized carbons (Fsp3) is 0. The van der Waals surface area contributed by atoms with Crippen molar-refractivity contribution in [3.63, 3.8) is 0 Å². The summed E-state index contributed by atoms with van der Waals surface area (Å²) in [6.45, 7) is 3.55. The Balaban J connectivity index is 3.31. The van der Waals surface area contributed by atoms with Gasteiger partial charge in [-0.05, 0) is 24.6 Å². The molecule has 0 unspecified atom stereocenters. The minimum atomic E-state index is -0.587. The van der Waals surface area contributed by atoms with Crippen molar-refractivity contribution < 1.29 is 4.39 Å². The van der Waals surface area contributed by atoms with Gasteiger partial charge in [-0.25, -0.2) is 4.39 Å². The summed E-state index contributed by atoms with van der Waals surface area (Å²) in [6, 6.07) is 2.84. The van der Waals surface area contributed by atoms with Gasteiger partial charge in [0.2, 0.25) is 0 Å².